The Kier molecular flexibility index (Phi) is 3.04. The lowest BCUT2D eigenvalue weighted by Gasteiger charge is -1.97. The zero-order chi connectivity index (χ0) is 8.97. The fourth-order valence-corrected chi connectivity index (χ4v) is 0.720. The maximum atomic E-state index is 9.27. The van der Waals surface area contributed by atoms with E-state index >= 15 is 0 Å². The van der Waals surface area contributed by atoms with Crippen molar-refractivity contribution in [3.05, 3.63) is 5.82 Å². The van der Waals surface area contributed by atoms with E-state index in [0.29, 0.717) is 13.0 Å². The van der Waals surface area contributed by atoms with E-state index in [0.717, 1.165) is 0 Å². The van der Waals surface area contributed by atoms with Crippen molar-refractivity contribution in [2.24, 2.45) is 0 Å². The van der Waals surface area contributed by atoms with Gasteiger partial charge in [0.2, 0.25) is 5.82 Å². The average molecular weight is 172 g/mol. The van der Waals surface area contributed by atoms with Crippen LogP contribution in [0.1, 0.15) is 32.2 Å². The Morgan fingerprint density at radius 2 is 2.33 bits per heavy atom. The zero-order valence-electron chi connectivity index (χ0n) is 7.15. The summed E-state index contributed by atoms with van der Waals surface area (Å²) in [7, 11) is 0. The van der Waals surface area contributed by atoms with Crippen LogP contribution in [0, 0.1) is 0 Å². The number of ether oxygens (including phenoxy) is 1. The largest absolute Gasteiger partial charge is 0.449 e. The van der Waals surface area contributed by atoms with Gasteiger partial charge in [-0.2, -0.15) is 4.98 Å². The summed E-state index contributed by atoms with van der Waals surface area (Å²) in [5, 5.41) is 12.8. The highest BCUT2D eigenvalue weighted by molar-refractivity contribution is 4.93. The molecule has 0 saturated carbocycles. The van der Waals surface area contributed by atoms with E-state index in [4.69, 9.17) is 4.74 Å². The van der Waals surface area contributed by atoms with Crippen LogP contribution in [0.5, 0.6) is 6.08 Å². The van der Waals surface area contributed by atoms with Crippen molar-refractivity contribution < 1.29 is 14.4 Å². The van der Waals surface area contributed by atoms with Gasteiger partial charge in [-0.3, -0.25) is 4.52 Å². The van der Waals surface area contributed by atoms with Gasteiger partial charge in [0.15, 0.2) is 0 Å². The summed E-state index contributed by atoms with van der Waals surface area (Å²) in [5.41, 5.74) is 0. The Labute approximate surface area is 70.3 Å². The summed E-state index contributed by atoms with van der Waals surface area (Å²) in [6.07, 6.45) is 0.00780. The highest BCUT2D eigenvalue weighted by Crippen LogP contribution is 2.15. The third-order valence-corrected chi connectivity index (χ3v) is 1.38. The van der Waals surface area contributed by atoms with Gasteiger partial charge in [-0.1, -0.05) is 12.1 Å². The molecule has 0 fully saturated rings. The molecule has 5 nitrogen and oxygen atoms in total. The minimum atomic E-state index is -0.664. The van der Waals surface area contributed by atoms with Gasteiger partial charge in [0.1, 0.15) is 6.10 Å². The lowest BCUT2D eigenvalue weighted by Crippen LogP contribution is -1.98. The first-order valence-corrected chi connectivity index (χ1v) is 3.92. The van der Waals surface area contributed by atoms with E-state index in [1.165, 1.54) is 0 Å². The molecular formula is C7H12N2O3. The van der Waals surface area contributed by atoms with Crippen molar-refractivity contribution >= 4 is 0 Å². The van der Waals surface area contributed by atoms with E-state index in [1.54, 1.807) is 0 Å². The molecule has 0 spiro atoms. The van der Waals surface area contributed by atoms with E-state index in [9.17, 15) is 5.11 Å². The van der Waals surface area contributed by atoms with E-state index in [2.05, 4.69) is 14.7 Å². The van der Waals surface area contributed by atoms with Crippen LogP contribution in [0.4, 0.5) is 0 Å². The Bertz CT molecular complexity index is 236. The van der Waals surface area contributed by atoms with Crippen LogP contribution >= 0.6 is 0 Å². The first kappa shape index (κ1) is 8.99. The predicted octanol–water partition coefficient (Wildman–Crippen LogP) is 0.912. The lowest BCUT2D eigenvalue weighted by molar-refractivity contribution is 0.159. The first-order valence-electron chi connectivity index (χ1n) is 3.92. The number of aliphatic hydroxyl groups is 1. The molecule has 1 heterocycles. The molecule has 68 valence electrons. The summed E-state index contributed by atoms with van der Waals surface area (Å²) < 4.78 is 9.61. The number of aromatic nitrogens is 2. The van der Waals surface area contributed by atoms with Gasteiger partial charge in [-0.05, 0) is 13.3 Å². The fraction of sp³-hybridized carbons (Fsp3) is 0.714. The maximum absolute atomic E-state index is 9.27. The molecule has 1 unspecified atom stereocenters. The molecule has 0 bridgehead atoms. The molecule has 12 heavy (non-hydrogen) atoms. The summed E-state index contributed by atoms with van der Waals surface area (Å²) in [6.45, 7) is 4.13. The van der Waals surface area contributed by atoms with E-state index in [1.807, 2.05) is 13.8 Å². The Hall–Kier alpha value is -1.10. The molecule has 0 aliphatic rings. The number of hydrogen-bond donors (Lipinski definition) is 1. The molecule has 0 aliphatic heterocycles. The van der Waals surface area contributed by atoms with Crippen LogP contribution < -0.4 is 4.74 Å². The molecule has 1 atom stereocenters. The first-order chi connectivity index (χ1) is 5.77. The van der Waals surface area contributed by atoms with Gasteiger partial charge in [-0.25, -0.2) is 0 Å². The molecule has 0 aliphatic carbocycles. The average Bonchev–Trinajstić information content (AvgIpc) is 2.52. The summed E-state index contributed by atoms with van der Waals surface area (Å²) >= 11 is 0. The van der Waals surface area contributed by atoms with Gasteiger partial charge < -0.3 is 9.84 Å². The smallest absolute Gasteiger partial charge is 0.417 e. The minimum absolute atomic E-state index is 0.111. The van der Waals surface area contributed by atoms with Crippen molar-refractivity contribution in [3.8, 4) is 6.08 Å². The number of aliphatic hydroxyl groups excluding tert-OH is 1. The van der Waals surface area contributed by atoms with E-state index in [-0.39, 0.29) is 11.9 Å². The Morgan fingerprint density at radius 3 is 2.92 bits per heavy atom. The molecule has 5 heteroatoms. The lowest BCUT2D eigenvalue weighted by atomic mass is 10.3. The van der Waals surface area contributed by atoms with Gasteiger partial charge in [0.05, 0.1) is 6.61 Å². The third kappa shape index (κ3) is 1.94. The molecule has 0 amide bonds. The second-order valence-corrected chi connectivity index (χ2v) is 2.28. The summed E-state index contributed by atoms with van der Waals surface area (Å²) in [4.78, 5) is 3.82. The number of nitrogens with zero attached hydrogens (tertiary/aromatic N) is 2. The van der Waals surface area contributed by atoms with Gasteiger partial charge >= 0.3 is 6.08 Å². The standard InChI is InChI=1S/C7H12N2O3/c1-3-5(10)6-8-7(11-4-2)12-9-6/h5,10H,3-4H2,1-2H3. The maximum Gasteiger partial charge on any atom is 0.417 e. The molecule has 0 aromatic carbocycles. The normalized spacial score (nSPS) is 12.9. The zero-order valence-corrected chi connectivity index (χ0v) is 7.15. The highest BCUT2D eigenvalue weighted by Gasteiger charge is 2.13. The minimum Gasteiger partial charge on any atom is -0.449 e. The second-order valence-electron chi connectivity index (χ2n) is 2.28. The van der Waals surface area contributed by atoms with Crippen molar-refractivity contribution in [2.45, 2.75) is 26.4 Å². The third-order valence-electron chi connectivity index (χ3n) is 1.38. The van der Waals surface area contributed by atoms with E-state index < -0.39 is 6.10 Å². The Morgan fingerprint density at radius 1 is 1.58 bits per heavy atom. The van der Waals surface area contributed by atoms with Gasteiger partial charge in [0, 0.05) is 0 Å². The van der Waals surface area contributed by atoms with Gasteiger partial charge in [0.25, 0.3) is 0 Å². The van der Waals surface area contributed by atoms with Crippen LogP contribution in [-0.2, 0) is 0 Å². The monoisotopic (exact) mass is 172 g/mol. The SMILES string of the molecule is CCOc1nc(C(O)CC)no1. The summed E-state index contributed by atoms with van der Waals surface area (Å²) in [6, 6.07) is 0. The van der Waals surface area contributed by atoms with Gasteiger partial charge in [-0.15, -0.1) is 0 Å². The summed E-state index contributed by atoms with van der Waals surface area (Å²) in [5.74, 6) is 0.279. The van der Waals surface area contributed by atoms with Crippen LogP contribution in [-0.4, -0.2) is 21.9 Å². The molecular weight excluding hydrogens is 160 g/mol. The van der Waals surface area contributed by atoms with Crippen LogP contribution in [0.25, 0.3) is 0 Å². The topological polar surface area (TPSA) is 68.4 Å². The molecule has 1 rings (SSSR count). The van der Waals surface area contributed by atoms with Crippen molar-refractivity contribution in [1.29, 1.82) is 0 Å². The second kappa shape index (κ2) is 4.06. The highest BCUT2D eigenvalue weighted by atomic mass is 16.6. The fourth-order valence-electron chi connectivity index (χ4n) is 0.720. The number of hydrogen-bond acceptors (Lipinski definition) is 5. The van der Waals surface area contributed by atoms with Crippen molar-refractivity contribution in [1.82, 2.24) is 10.1 Å². The van der Waals surface area contributed by atoms with Crippen molar-refractivity contribution in [3.63, 3.8) is 0 Å². The van der Waals surface area contributed by atoms with Crippen molar-refractivity contribution in [2.75, 3.05) is 6.61 Å². The predicted molar refractivity (Wildman–Crippen MR) is 40.7 cm³/mol. The van der Waals surface area contributed by atoms with Crippen LogP contribution in [0.3, 0.4) is 0 Å². The molecule has 1 aromatic heterocycles. The van der Waals surface area contributed by atoms with Crippen LogP contribution in [0.2, 0.25) is 0 Å². The molecule has 0 radical (unpaired) electrons. The van der Waals surface area contributed by atoms with Crippen LogP contribution in [0.15, 0.2) is 4.52 Å². The number of rotatable bonds is 4. The molecule has 1 N–H and O–H groups in total. The molecule has 1 aromatic rings. The quantitative estimate of drug-likeness (QED) is 0.731. The molecule has 0 saturated heterocycles. The Balaban J connectivity index is 2.63.